The Morgan fingerprint density at radius 2 is 2.24 bits per heavy atom. The van der Waals surface area contributed by atoms with Gasteiger partial charge in [-0.05, 0) is 17.7 Å². The van der Waals surface area contributed by atoms with Crippen LogP contribution in [0.25, 0.3) is 0 Å². The Kier molecular flexibility index (Phi) is 3.68. The summed E-state index contributed by atoms with van der Waals surface area (Å²) < 4.78 is 1.71. The molecule has 6 heteroatoms. The average Bonchev–Trinajstić information content (AvgIpc) is 2.98. The van der Waals surface area contributed by atoms with Gasteiger partial charge in [-0.3, -0.25) is 14.3 Å². The van der Waals surface area contributed by atoms with Crippen molar-refractivity contribution in [2.24, 2.45) is 0 Å². The lowest BCUT2D eigenvalue weighted by Crippen LogP contribution is -2.35. The normalized spacial score (nSPS) is 17.0. The number of hydrogen-bond acceptors (Lipinski definition) is 3. The predicted octanol–water partition coefficient (Wildman–Crippen LogP) is 1.47. The van der Waals surface area contributed by atoms with Crippen molar-refractivity contribution >= 4 is 17.5 Å². The number of rotatable bonds is 4. The summed E-state index contributed by atoms with van der Waals surface area (Å²) in [6, 6.07) is 9.09. The van der Waals surface area contributed by atoms with Crippen LogP contribution >= 0.6 is 0 Å². The number of aromatic nitrogens is 2. The van der Waals surface area contributed by atoms with Crippen molar-refractivity contribution in [2.45, 2.75) is 25.4 Å². The van der Waals surface area contributed by atoms with Crippen LogP contribution < -0.4 is 10.6 Å². The number of nitrogens with zero attached hydrogens (tertiary/aromatic N) is 2. The minimum atomic E-state index is -0.264. The fourth-order valence-electron chi connectivity index (χ4n) is 2.46. The van der Waals surface area contributed by atoms with Gasteiger partial charge >= 0.3 is 0 Å². The summed E-state index contributed by atoms with van der Waals surface area (Å²) in [5, 5.41) is 9.80. The lowest BCUT2D eigenvalue weighted by atomic mass is 9.97. The van der Waals surface area contributed by atoms with Crippen LogP contribution in [-0.2, 0) is 16.1 Å². The van der Waals surface area contributed by atoms with Gasteiger partial charge in [0.25, 0.3) is 0 Å². The van der Waals surface area contributed by atoms with Gasteiger partial charge in [0.1, 0.15) is 0 Å². The van der Waals surface area contributed by atoms with Gasteiger partial charge in [0.05, 0.1) is 12.5 Å². The number of carbonyl (C=O) groups is 2. The minimum absolute atomic E-state index is 0.0777. The lowest BCUT2D eigenvalue weighted by Gasteiger charge is -2.26. The number of nitrogens with one attached hydrogen (secondary N) is 2. The average molecular weight is 284 g/mol. The number of hydrogen-bond donors (Lipinski definition) is 2. The maximum absolute atomic E-state index is 12.0. The Bertz CT molecular complexity index is 651. The quantitative estimate of drug-likeness (QED) is 0.892. The Morgan fingerprint density at radius 3 is 3.05 bits per heavy atom. The third-order valence-electron chi connectivity index (χ3n) is 3.46. The topological polar surface area (TPSA) is 76.0 Å². The van der Waals surface area contributed by atoms with Crippen LogP contribution in [0.5, 0.6) is 0 Å². The van der Waals surface area contributed by atoms with Gasteiger partial charge in [-0.1, -0.05) is 18.2 Å². The number of fused-ring (bicyclic) bond motifs is 1. The second kappa shape index (κ2) is 5.78. The van der Waals surface area contributed by atoms with Crippen LogP contribution in [0.3, 0.4) is 0 Å². The van der Waals surface area contributed by atoms with Crippen molar-refractivity contribution in [1.29, 1.82) is 0 Å². The molecule has 1 aliphatic rings. The maximum atomic E-state index is 12.0. The number of amides is 2. The molecule has 0 saturated carbocycles. The molecule has 108 valence electrons. The Balaban J connectivity index is 1.64. The van der Waals surface area contributed by atoms with E-state index in [1.807, 2.05) is 36.5 Å². The first-order valence-electron chi connectivity index (χ1n) is 6.88. The summed E-state index contributed by atoms with van der Waals surface area (Å²) in [5.74, 6) is -0.161. The summed E-state index contributed by atoms with van der Waals surface area (Å²) in [6.07, 6.45) is 4.10. The van der Waals surface area contributed by atoms with Crippen LogP contribution in [0.1, 0.15) is 24.4 Å². The first kappa shape index (κ1) is 13.4. The number of benzene rings is 1. The van der Waals surface area contributed by atoms with Crippen LogP contribution in [0, 0.1) is 0 Å². The molecule has 6 nitrogen and oxygen atoms in total. The van der Waals surface area contributed by atoms with Gasteiger partial charge in [0.15, 0.2) is 0 Å². The van der Waals surface area contributed by atoms with Crippen molar-refractivity contribution in [3.63, 3.8) is 0 Å². The molecule has 0 aliphatic carbocycles. The van der Waals surface area contributed by atoms with Crippen LogP contribution in [0.4, 0.5) is 5.69 Å². The van der Waals surface area contributed by atoms with Crippen molar-refractivity contribution in [3.8, 4) is 0 Å². The molecule has 2 amide bonds. The van der Waals surface area contributed by atoms with Crippen LogP contribution in [0.15, 0.2) is 42.7 Å². The van der Waals surface area contributed by atoms with Gasteiger partial charge in [-0.2, -0.15) is 5.10 Å². The third kappa shape index (κ3) is 3.10. The zero-order valence-electron chi connectivity index (χ0n) is 11.5. The molecule has 2 heterocycles. The smallest absolute Gasteiger partial charge is 0.226 e. The van der Waals surface area contributed by atoms with E-state index in [4.69, 9.17) is 0 Å². The molecule has 1 aromatic carbocycles. The molecule has 0 spiro atoms. The summed E-state index contributed by atoms with van der Waals surface area (Å²) >= 11 is 0. The molecule has 2 N–H and O–H groups in total. The zero-order valence-corrected chi connectivity index (χ0v) is 11.5. The highest BCUT2D eigenvalue weighted by molar-refractivity contribution is 5.95. The third-order valence-corrected chi connectivity index (χ3v) is 3.46. The fraction of sp³-hybridized carbons (Fsp3) is 0.267. The SMILES string of the molecule is O=C1C[C@H](NC(=O)CCn2cccn2)c2ccccc2N1. The number of para-hydroxylation sites is 1. The molecule has 1 aromatic heterocycles. The molecule has 3 rings (SSSR count). The maximum Gasteiger partial charge on any atom is 0.226 e. The van der Waals surface area contributed by atoms with Crippen molar-refractivity contribution in [1.82, 2.24) is 15.1 Å². The van der Waals surface area contributed by atoms with E-state index in [2.05, 4.69) is 15.7 Å². The fourth-order valence-corrected chi connectivity index (χ4v) is 2.46. The highest BCUT2D eigenvalue weighted by Gasteiger charge is 2.25. The van der Waals surface area contributed by atoms with E-state index in [9.17, 15) is 9.59 Å². The van der Waals surface area contributed by atoms with E-state index >= 15 is 0 Å². The standard InChI is InChI=1S/C15H16N4O2/c20-14(6-9-19-8-3-7-16-19)18-13-10-15(21)17-12-5-2-1-4-11(12)13/h1-5,7-8,13H,6,9-10H2,(H,17,21)(H,18,20)/t13-/m0/s1. The van der Waals surface area contributed by atoms with E-state index in [1.165, 1.54) is 0 Å². The number of aryl methyl sites for hydroxylation is 1. The van der Waals surface area contributed by atoms with Gasteiger partial charge in [-0.25, -0.2) is 0 Å². The minimum Gasteiger partial charge on any atom is -0.349 e. The zero-order chi connectivity index (χ0) is 14.7. The summed E-state index contributed by atoms with van der Waals surface area (Å²) in [5.41, 5.74) is 1.72. The molecular weight excluding hydrogens is 268 g/mol. The summed E-state index contributed by atoms with van der Waals surface area (Å²) in [6.45, 7) is 0.527. The van der Waals surface area contributed by atoms with Gasteiger partial charge < -0.3 is 10.6 Å². The molecule has 1 atom stereocenters. The first-order valence-corrected chi connectivity index (χ1v) is 6.88. The molecule has 0 saturated heterocycles. The molecule has 0 bridgehead atoms. The van der Waals surface area contributed by atoms with Crippen LogP contribution in [0.2, 0.25) is 0 Å². The predicted molar refractivity (Wildman–Crippen MR) is 77.4 cm³/mol. The van der Waals surface area contributed by atoms with E-state index in [0.29, 0.717) is 13.0 Å². The number of carbonyl (C=O) groups excluding carboxylic acids is 2. The molecular formula is C15H16N4O2. The molecule has 0 unspecified atom stereocenters. The van der Waals surface area contributed by atoms with E-state index in [1.54, 1.807) is 10.9 Å². The summed E-state index contributed by atoms with van der Waals surface area (Å²) in [7, 11) is 0. The van der Waals surface area contributed by atoms with Crippen molar-refractivity contribution in [2.75, 3.05) is 5.32 Å². The van der Waals surface area contributed by atoms with Gasteiger partial charge in [0, 0.05) is 31.0 Å². The molecule has 0 radical (unpaired) electrons. The lowest BCUT2D eigenvalue weighted by molar-refractivity contribution is -0.122. The van der Waals surface area contributed by atoms with Gasteiger partial charge in [-0.15, -0.1) is 0 Å². The monoisotopic (exact) mass is 284 g/mol. The molecule has 1 aliphatic heterocycles. The second-order valence-electron chi connectivity index (χ2n) is 4.98. The summed E-state index contributed by atoms with van der Waals surface area (Å²) in [4.78, 5) is 23.7. The first-order chi connectivity index (χ1) is 10.2. The van der Waals surface area contributed by atoms with Crippen LogP contribution in [-0.4, -0.2) is 21.6 Å². The molecule has 21 heavy (non-hydrogen) atoms. The van der Waals surface area contributed by atoms with Gasteiger partial charge in [0.2, 0.25) is 11.8 Å². The Labute approximate surface area is 122 Å². The largest absolute Gasteiger partial charge is 0.349 e. The van der Waals surface area contributed by atoms with E-state index in [-0.39, 0.29) is 24.3 Å². The highest BCUT2D eigenvalue weighted by atomic mass is 16.2. The Morgan fingerprint density at radius 1 is 1.38 bits per heavy atom. The second-order valence-corrected chi connectivity index (χ2v) is 4.98. The molecule has 2 aromatic rings. The number of anilines is 1. The highest BCUT2D eigenvalue weighted by Crippen LogP contribution is 2.29. The molecule has 0 fully saturated rings. The Hall–Kier alpha value is -2.63. The van der Waals surface area contributed by atoms with Crippen molar-refractivity contribution < 1.29 is 9.59 Å². The van der Waals surface area contributed by atoms with E-state index in [0.717, 1.165) is 11.3 Å². The van der Waals surface area contributed by atoms with Crippen molar-refractivity contribution in [3.05, 3.63) is 48.3 Å². The van der Waals surface area contributed by atoms with E-state index < -0.39 is 0 Å².